The van der Waals surface area contributed by atoms with Crippen LogP contribution in [0.3, 0.4) is 0 Å². The summed E-state index contributed by atoms with van der Waals surface area (Å²) in [6.07, 6.45) is 2.44. The molecule has 4 rings (SSSR count). The fourth-order valence-corrected chi connectivity index (χ4v) is 3.71. The number of ether oxygens (including phenoxy) is 1. The van der Waals surface area contributed by atoms with E-state index in [9.17, 15) is 4.79 Å². The number of hydrogen-bond donors (Lipinski definition) is 0. The quantitative estimate of drug-likeness (QED) is 0.709. The Kier molecular flexibility index (Phi) is 4.15. The molecule has 26 heavy (non-hydrogen) atoms. The Bertz CT molecular complexity index is 990. The molecule has 3 aromatic rings. The van der Waals surface area contributed by atoms with Gasteiger partial charge in [0.15, 0.2) is 0 Å². The molecule has 0 saturated heterocycles. The molecule has 5 nitrogen and oxygen atoms in total. The first kappa shape index (κ1) is 16.6. The topological polar surface area (TPSA) is 47.4 Å². The molecule has 2 heterocycles. The number of fused-ring (bicyclic) bond motifs is 2. The van der Waals surface area contributed by atoms with E-state index in [4.69, 9.17) is 4.74 Å². The van der Waals surface area contributed by atoms with Gasteiger partial charge in [0.1, 0.15) is 12.4 Å². The number of benzene rings is 2. The van der Waals surface area contributed by atoms with Gasteiger partial charge in [0.05, 0.1) is 18.3 Å². The number of hydrogen-bond acceptors (Lipinski definition) is 3. The van der Waals surface area contributed by atoms with Crippen molar-refractivity contribution < 1.29 is 9.53 Å². The van der Waals surface area contributed by atoms with E-state index in [2.05, 4.69) is 36.3 Å². The summed E-state index contributed by atoms with van der Waals surface area (Å²) in [6.45, 7) is 5.79. The smallest absolute Gasteiger partial charge is 0.222 e. The fraction of sp³-hybridized carbons (Fsp3) is 0.333. The standard InChI is InChI=1S/C21H23N3O2/c1-4-20(25)24-9-10-26-19-8-6-15(11-16(19)13-24)21-14(2)5-7-18-17(21)12-22-23(18)3/h5-8,11-12H,4,9-10,13H2,1-3H3. The molecular formula is C21H23N3O2. The monoisotopic (exact) mass is 349 g/mol. The Hall–Kier alpha value is -2.82. The highest BCUT2D eigenvalue weighted by atomic mass is 16.5. The van der Waals surface area contributed by atoms with E-state index in [1.807, 2.05) is 35.8 Å². The first-order valence-electron chi connectivity index (χ1n) is 9.03. The Morgan fingerprint density at radius 1 is 1.27 bits per heavy atom. The van der Waals surface area contributed by atoms with Crippen LogP contribution >= 0.6 is 0 Å². The van der Waals surface area contributed by atoms with Crippen molar-refractivity contribution in [1.29, 1.82) is 0 Å². The molecule has 2 aromatic carbocycles. The van der Waals surface area contributed by atoms with Crippen molar-refractivity contribution in [3.8, 4) is 16.9 Å². The zero-order valence-electron chi connectivity index (χ0n) is 15.5. The Morgan fingerprint density at radius 3 is 2.92 bits per heavy atom. The number of aromatic nitrogens is 2. The molecule has 0 aliphatic carbocycles. The molecule has 0 radical (unpaired) electrons. The average molecular weight is 349 g/mol. The van der Waals surface area contributed by atoms with Gasteiger partial charge >= 0.3 is 0 Å². The third-order valence-corrected chi connectivity index (χ3v) is 5.12. The fourth-order valence-electron chi connectivity index (χ4n) is 3.71. The van der Waals surface area contributed by atoms with E-state index >= 15 is 0 Å². The van der Waals surface area contributed by atoms with Gasteiger partial charge in [0, 0.05) is 31.0 Å². The van der Waals surface area contributed by atoms with Crippen LogP contribution in [-0.4, -0.2) is 33.7 Å². The maximum absolute atomic E-state index is 12.2. The van der Waals surface area contributed by atoms with Gasteiger partial charge in [-0.3, -0.25) is 9.48 Å². The molecule has 1 amide bonds. The van der Waals surface area contributed by atoms with Gasteiger partial charge in [-0.2, -0.15) is 5.10 Å². The van der Waals surface area contributed by atoms with Crippen LogP contribution in [-0.2, 0) is 18.4 Å². The van der Waals surface area contributed by atoms with E-state index in [1.54, 1.807) is 0 Å². The normalized spacial score (nSPS) is 14.0. The molecule has 0 atom stereocenters. The van der Waals surface area contributed by atoms with Gasteiger partial charge < -0.3 is 9.64 Å². The number of carbonyl (C=O) groups excluding carboxylic acids is 1. The maximum Gasteiger partial charge on any atom is 0.222 e. The molecule has 134 valence electrons. The highest BCUT2D eigenvalue weighted by molar-refractivity contribution is 5.96. The lowest BCUT2D eigenvalue weighted by Crippen LogP contribution is -2.31. The second-order valence-corrected chi connectivity index (χ2v) is 6.80. The molecule has 1 aliphatic heterocycles. The van der Waals surface area contributed by atoms with Crippen molar-refractivity contribution in [2.45, 2.75) is 26.8 Å². The van der Waals surface area contributed by atoms with Crippen LogP contribution in [0.2, 0.25) is 0 Å². The average Bonchev–Trinajstić information content (AvgIpc) is 2.89. The molecule has 0 spiro atoms. The molecule has 0 N–H and O–H groups in total. The molecule has 0 unspecified atom stereocenters. The van der Waals surface area contributed by atoms with Gasteiger partial charge in [-0.1, -0.05) is 19.1 Å². The van der Waals surface area contributed by atoms with Crippen LogP contribution in [0.5, 0.6) is 5.75 Å². The van der Waals surface area contributed by atoms with Crippen LogP contribution in [0.4, 0.5) is 0 Å². The molecule has 1 aliphatic rings. The largest absolute Gasteiger partial charge is 0.491 e. The second kappa shape index (κ2) is 6.48. The number of aryl methyl sites for hydroxylation is 2. The highest BCUT2D eigenvalue weighted by Crippen LogP contribution is 2.35. The van der Waals surface area contributed by atoms with Crippen molar-refractivity contribution >= 4 is 16.8 Å². The lowest BCUT2D eigenvalue weighted by Gasteiger charge is -2.19. The predicted molar refractivity (Wildman–Crippen MR) is 102 cm³/mol. The summed E-state index contributed by atoms with van der Waals surface area (Å²) in [6, 6.07) is 10.5. The highest BCUT2D eigenvalue weighted by Gasteiger charge is 2.20. The van der Waals surface area contributed by atoms with Crippen molar-refractivity contribution in [3.05, 3.63) is 47.7 Å². The van der Waals surface area contributed by atoms with E-state index in [-0.39, 0.29) is 5.91 Å². The summed E-state index contributed by atoms with van der Waals surface area (Å²) in [7, 11) is 1.96. The number of nitrogens with zero attached hydrogens (tertiary/aromatic N) is 3. The maximum atomic E-state index is 12.2. The number of rotatable bonds is 2. The third-order valence-electron chi connectivity index (χ3n) is 5.12. The Labute approximate surface area is 153 Å². The van der Waals surface area contributed by atoms with Gasteiger partial charge in [0.2, 0.25) is 5.91 Å². The third kappa shape index (κ3) is 2.73. The molecule has 5 heteroatoms. The molecular weight excluding hydrogens is 326 g/mol. The minimum absolute atomic E-state index is 0.164. The van der Waals surface area contributed by atoms with Gasteiger partial charge in [-0.25, -0.2) is 0 Å². The van der Waals surface area contributed by atoms with E-state index < -0.39 is 0 Å². The first-order chi connectivity index (χ1) is 12.6. The lowest BCUT2D eigenvalue weighted by molar-refractivity contribution is -0.131. The van der Waals surface area contributed by atoms with Crippen molar-refractivity contribution in [3.63, 3.8) is 0 Å². The van der Waals surface area contributed by atoms with E-state index in [0.717, 1.165) is 27.8 Å². The summed E-state index contributed by atoms with van der Waals surface area (Å²) in [5.74, 6) is 1.04. The summed E-state index contributed by atoms with van der Waals surface area (Å²) in [5.41, 5.74) is 5.70. The predicted octanol–water partition coefficient (Wildman–Crippen LogP) is 3.68. The summed E-state index contributed by atoms with van der Waals surface area (Å²) < 4.78 is 7.77. The zero-order valence-corrected chi connectivity index (χ0v) is 15.5. The molecule has 0 fully saturated rings. The Balaban J connectivity index is 1.82. The van der Waals surface area contributed by atoms with Crippen molar-refractivity contribution in [1.82, 2.24) is 14.7 Å². The zero-order chi connectivity index (χ0) is 18.3. The molecule has 0 bridgehead atoms. The van der Waals surface area contributed by atoms with Crippen LogP contribution in [0.15, 0.2) is 36.5 Å². The van der Waals surface area contributed by atoms with Crippen LogP contribution in [0.25, 0.3) is 22.0 Å². The van der Waals surface area contributed by atoms with E-state index in [1.165, 1.54) is 11.1 Å². The summed E-state index contributed by atoms with van der Waals surface area (Å²) in [4.78, 5) is 14.1. The number of carbonyl (C=O) groups is 1. The Morgan fingerprint density at radius 2 is 2.12 bits per heavy atom. The first-order valence-corrected chi connectivity index (χ1v) is 9.03. The minimum Gasteiger partial charge on any atom is -0.491 e. The van der Waals surface area contributed by atoms with E-state index in [0.29, 0.717) is 26.1 Å². The number of amides is 1. The summed E-state index contributed by atoms with van der Waals surface area (Å²) in [5, 5.41) is 5.55. The van der Waals surface area contributed by atoms with Crippen molar-refractivity contribution in [2.24, 2.45) is 7.05 Å². The molecule has 0 saturated carbocycles. The van der Waals surface area contributed by atoms with Gasteiger partial charge in [-0.05, 0) is 41.8 Å². The van der Waals surface area contributed by atoms with Crippen LogP contribution < -0.4 is 4.74 Å². The SMILES string of the molecule is CCC(=O)N1CCOc2ccc(-c3c(C)ccc4c3cnn4C)cc2C1. The second-order valence-electron chi connectivity index (χ2n) is 6.80. The lowest BCUT2D eigenvalue weighted by atomic mass is 9.95. The summed E-state index contributed by atoms with van der Waals surface area (Å²) >= 11 is 0. The van der Waals surface area contributed by atoms with Crippen LogP contribution in [0, 0.1) is 6.92 Å². The van der Waals surface area contributed by atoms with Crippen LogP contribution in [0.1, 0.15) is 24.5 Å². The van der Waals surface area contributed by atoms with Gasteiger partial charge in [-0.15, -0.1) is 0 Å². The van der Waals surface area contributed by atoms with Crippen molar-refractivity contribution in [2.75, 3.05) is 13.2 Å². The minimum atomic E-state index is 0.164. The van der Waals surface area contributed by atoms with Gasteiger partial charge in [0.25, 0.3) is 0 Å². The molecule has 1 aromatic heterocycles.